The number of rotatable bonds is 3. The molecule has 1 saturated heterocycles. The lowest BCUT2D eigenvalue weighted by molar-refractivity contribution is -0.119. The Morgan fingerprint density at radius 2 is 2.00 bits per heavy atom. The van der Waals surface area contributed by atoms with Crippen molar-refractivity contribution in [2.75, 3.05) is 4.90 Å². The molecule has 0 aliphatic carbocycles. The number of hydrogen-bond acceptors (Lipinski definition) is 4. The molecule has 1 fully saturated rings. The molecular weight excluding hydrogens is 415 g/mol. The summed E-state index contributed by atoms with van der Waals surface area (Å²) in [5, 5.41) is 4.07. The molecule has 29 heavy (non-hydrogen) atoms. The molecule has 2 aromatic carbocycles. The molecule has 3 amide bonds. The minimum atomic E-state index is -0.975. The average Bonchev–Trinajstić information content (AvgIpc) is 3.39. The van der Waals surface area contributed by atoms with Gasteiger partial charge in [0.2, 0.25) is 0 Å². The maximum Gasteiger partial charge on any atom is 0.329 e. The van der Waals surface area contributed by atoms with Crippen molar-refractivity contribution in [2.45, 2.75) is 6.04 Å². The Morgan fingerprint density at radius 1 is 1.14 bits per heavy atom. The van der Waals surface area contributed by atoms with E-state index >= 15 is 0 Å². The number of aromatic nitrogens is 2. The van der Waals surface area contributed by atoms with Crippen LogP contribution in [-0.2, 0) is 4.79 Å². The summed E-state index contributed by atoms with van der Waals surface area (Å²) in [6.07, 6.45) is 1.55. The number of H-pyrrole nitrogens is 1. The molecular formula is C20H12ClFN4O2S. The van der Waals surface area contributed by atoms with E-state index in [9.17, 15) is 14.0 Å². The number of halogens is 2. The van der Waals surface area contributed by atoms with Gasteiger partial charge in [-0.3, -0.25) is 15.0 Å². The Balaban J connectivity index is 1.56. The Bertz CT molecular complexity index is 1280. The normalized spacial score (nSPS) is 16.6. The summed E-state index contributed by atoms with van der Waals surface area (Å²) < 4.78 is 15.4. The first-order valence-corrected chi connectivity index (χ1v) is 9.88. The minimum Gasteiger partial charge on any atom is -0.345 e. The van der Waals surface area contributed by atoms with Crippen molar-refractivity contribution < 1.29 is 14.0 Å². The molecule has 0 spiro atoms. The fraction of sp³-hybridized carbons (Fsp3) is 0.0500. The first-order valence-electron chi connectivity index (χ1n) is 8.62. The summed E-state index contributed by atoms with van der Waals surface area (Å²) in [5.41, 5.74) is 3.39. The molecule has 144 valence electrons. The number of amides is 3. The van der Waals surface area contributed by atoms with Crippen LogP contribution in [0.4, 0.5) is 14.9 Å². The van der Waals surface area contributed by atoms with Crippen LogP contribution in [0.5, 0.6) is 0 Å². The third-order valence-electron chi connectivity index (χ3n) is 4.82. The van der Waals surface area contributed by atoms with Gasteiger partial charge in [0.15, 0.2) is 0 Å². The highest BCUT2D eigenvalue weighted by Crippen LogP contribution is 2.36. The van der Waals surface area contributed by atoms with Crippen LogP contribution in [0.1, 0.15) is 11.6 Å². The van der Waals surface area contributed by atoms with Crippen molar-refractivity contribution in [3.05, 3.63) is 69.9 Å². The molecule has 0 bridgehead atoms. The molecule has 2 aromatic heterocycles. The summed E-state index contributed by atoms with van der Waals surface area (Å²) in [6.45, 7) is 0. The smallest absolute Gasteiger partial charge is 0.329 e. The van der Waals surface area contributed by atoms with Crippen LogP contribution in [0.15, 0.2) is 54.2 Å². The number of hydrogen-bond donors (Lipinski definition) is 2. The monoisotopic (exact) mass is 426 g/mol. The van der Waals surface area contributed by atoms with E-state index in [-0.39, 0.29) is 0 Å². The molecule has 9 heteroatoms. The SMILES string of the molecule is O=C1NC(=O)N(c2ccc3nc[nH]c3c2)C1c1ccc(-c2csc(Cl)c2)c(F)c1. The van der Waals surface area contributed by atoms with Gasteiger partial charge in [0, 0.05) is 16.6 Å². The van der Waals surface area contributed by atoms with Crippen LogP contribution < -0.4 is 10.2 Å². The summed E-state index contributed by atoms with van der Waals surface area (Å²) in [5.74, 6) is -1.00. The van der Waals surface area contributed by atoms with E-state index in [2.05, 4.69) is 15.3 Å². The van der Waals surface area contributed by atoms with E-state index in [0.717, 1.165) is 11.0 Å². The van der Waals surface area contributed by atoms with Gasteiger partial charge in [0.25, 0.3) is 5.91 Å². The minimum absolute atomic E-state index is 0.376. The van der Waals surface area contributed by atoms with E-state index in [1.807, 2.05) is 0 Å². The Hall–Kier alpha value is -3.23. The zero-order valence-electron chi connectivity index (χ0n) is 14.6. The Labute approximate surface area is 172 Å². The number of carbonyl (C=O) groups excluding carboxylic acids is 2. The standard InChI is InChI=1S/C20H12ClFN4O2S/c21-17-6-11(8-29-17)13-3-1-10(5-14(13)22)18-19(27)25-20(28)26(18)12-2-4-15-16(7-12)24-9-23-15/h1-9,18H,(H,23,24)(H,25,27,28). The highest BCUT2D eigenvalue weighted by molar-refractivity contribution is 7.14. The van der Waals surface area contributed by atoms with Gasteiger partial charge in [0.05, 0.1) is 21.7 Å². The number of benzene rings is 2. The van der Waals surface area contributed by atoms with Crippen molar-refractivity contribution in [1.29, 1.82) is 0 Å². The Kier molecular flexibility index (Phi) is 4.11. The summed E-state index contributed by atoms with van der Waals surface area (Å²) in [4.78, 5) is 33.4. The van der Waals surface area contributed by atoms with Crippen LogP contribution in [0.25, 0.3) is 22.2 Å². The highest BCUT2D eigenvalue weighted by Gasteiger charge is 2.41. The quantitative estimate of drug-likeness (QED) is 0.458. The largest absolute Gasteiger partial charge is 0.345 e. The van der Waals surface area contributed by atoms with Gasteiger partial charge in [-0.1, -0.05) is 23.7 Å². The number of thiophene rings is 1. The zero-order valence-corrected chi connectivity index (χ0v) is 16.2. The van der Waals surface area contributed by atoms with Gasteiger partial charge in [-0.15, -0.1) is 11.3 Å². The number of fused-ring (bicyclic) bond motifs is 1. The third kappa shape index (κ3) is 2.97. The van der Waals surface area contributed by atoms with Crippen LogP contribution >= 0.6 is 22.9 Å². The van der Waals surface area contributed by atoms with E-state index in [4.69, 9.17) is 11.6 Å². The number of imidazole rings is 1. The third-order valence-corrected chi connectivity index (χ3v) is 5.92. The fourth-order valence-electron chi connectivity index (χ4n) is 3.50. The average molecular weight is 427 g/mol. The molecule has 6 nitrogen and oxygen atoms in total. The van der Waals surface area contributed by atoms with Gasteiger partial charge < -0.3 is 4.98 Å². The molecule has 0 radical (unpaired) electrons. The molecule has 0 saturated carbocycles. The van der Waals surface area contributed by atoms with E-state index < -0.39 is 23.8 Å². The number of nitrogens with zero attached hydrogens (tertiary/aromatic N) is 2. The second-order valence-corrected chi connectivity index (χ2v) is 8.09. The number of imide groups is 1. The van der Waals surface area contributed by atoms with Crippen LogP contribution in [0.3, 0.4) is 0 Å². The van der Waals surface area contributed by atoms with E-state index in [1.54, 1.807) is 48.1 Å². The van der Waals surface area contributed by atoms with E-state index in [0.29, 0.717) is 26.7 Å². The summed E-state index contributed by atoms with van der Waals surface area (Å²) >= 11 is 7.26. The van der Waals surface area contributed by atoms with Crippen LogP contribution in [0.2, 0.25) is 4.34 Å². The van der Waals surface area contributed by atoms with Crippen molar-refractivity contribution in [3.63, 3.8) is 0 Å². The van der Waals surface area contributed by atoms with Gasteiger partial charge in [0.1, 0.15) is 11.9 Å². The van der Waals surface area contributed by atoms with Gasteiger partial charge in [-0.25, -0.2) is 14.2 Å². The van der Waals surface area contributed by atoms with Gasteiger partial charge >= 0.3 is 6.03 Å². The maximum atomic E-state index is 14.8. The molecule has 2 N–H and O–H groups in total. The number of aromatic amines is 1. The van der Waals surface area contributed by atoms with Gasteiger partial charge in [-0.05, 0) is 41.5 Å². The highest BCUT2D eigenvalue weighted by atomic mass is 35.5. The lowest BCUT2D eigenvalue weighted by atomic mass is 10.0. The second kappa shape index (κ2) is 6.68. The molecule has 1 aliphatic heterocycles. The van der Waals surface area contributed by atoms with Crippen molar-refractivity contribution in [3.8, 4) is 11.1 Å². The summed E-state index contributed by atoms with van der Waals surface area (Å²) in [6, 6.07) is 9.85. The van der Waals surface area contributed by atoms with Gasteiger partial charge in [-0.2, -0.15) is 0 Å². The topological polar surface area (TPSA) is 78.1 Å². The zero-order chi connectivity index (χ0) is 20.1. The number of carbonyl (C=O) groups is 2. The number of urea groups is 1. The Morgan fingerprint density at radius 3 is 2.76 bits per heavy atom. The maximum absolute atomic E-state index is 14.8. The fourth-order valence-corrected chi connectivity index (χ4v) is 4.38. The molecule has 4 aromatic rings. The summed E-state index contributed by atoms with van der Waals surface area (Å²) in [7, 11) is 0. The first kappa shape index (κ1) is 17.8. The number of anilines is 1. The molecule has 5 rings (SSSR count). The van der Waals surface area contributed by atoms with Crippen molar-refractivity contribution in [1.82, 2.24) is 15.3 Å². The van der Waals surface area contributed by atoms with Crippen molar-refractivity contribution >= 4 is 51.6 Å². The second-order valence-electron chi connectivity index (χ2n) is 6.55. The predicted octanol–water partition coefficient (Wildman–Crippen LogP) is 4.88. The molecule has 1 unspecified atom stereocenters. The van der Waals surface area contributed by atoms with Crippen molar-refractivity contribution in [2.24, 2.45) is 0 Å². The first-order chi connectivity index (χ1) is 14.0. The lowest BCUT2D eigenvalue weighted by Crippen LogP contribution is -2.29. The predicted molar refractivity (Wildman–Crippen MR) is 110 cm³/mol. The van der Waals surface area contributed by atoms with Crippen LogP contribution in [0, 0.1) is 5.82 Å². The van der Waals surface area contributed by atoms with E-state index in [1.165, 1.54) is 22.3 Å². The van der Waals surface area contributed by atoms with Crippen LogP contribution in [-0.4, -0.2) is 21.9 Å². The molecule has 1 atom stereocenters. The number of nitrogens with one attached hydrogen (secondary N) is 2. The molecule has 1 aliphatic rings. The lowest BCUT2D eigenvalue weighted by Gasteiger charge is -2.22. The molecule has 3 heterocycles.